The molecule has 0 aromatic rings. The largest absolute Gasteiger partial charge is 0.463 e. The minimum Gasteiger partial charge on any atom is -0.463 e. The Labute approximate surface area is 158 Å². The summed E-state index contributed by atoms with van der Waals surface area (Å²) >= 11 is 0. The highest BCUT2D eigenvalue weighted by Gasteiger charge is 2.61. The fourth-order valence-corrected chi connectivity index (χ4v) is 8.20. The van der Waals surface area contributed by atoms with Crippen LogP contribution in [0.1, 0.15) is 85.5 Å². The predicted octanol–water partition coefficient (Wildman–Crippen LogP) is 5.17. The van der Waals surface area contributed by atoms with Gasteiger partial charge in [0.25, 0.3) is 0 Å². The molecule has 0 N–H and O–H groups in total. The topological polar surface area (TPSA) is 43.4 Å². The number of carbonyl (C=O) groups is 2. The molecular weight excluding hydrogens is 324 g/mol. The van der Waals surface area contributed by atoms with Gasteiger partial charge in [0, 0.05) is 25.7 Å². The third-order valence-corrected chi connectivity index (χ3v) is 9.47. The second kappa shape index (κ2) is 6.34. The highest BCUT2D eigenvalue weighted by molar-refractivity contribution is 5.79. The first-order valence-corrected chi connectivity index (χ1v) is 10.9. The minimum atomic E-state index is -0.141. The van der Waals surface area contributed by atoms with Crippen LogP contribution in [0.15, 0.2) is 0 Å². The van der Waals surface area contributed by atoms with Gasteiger partial charge in [-0.15, -0.1) is 0 Å². The maximum atomic E-state index is 12.0. The Morgan fingerprint density at radius 3 is 2.50 bits per heavy atom. The average molecular weight is 361 g/mol. The molecule has 4 rings (SSSR count). The van der Waals surface area contributed by atoms with Gasteiger partial charge in [-0.25, -0.2) is 0 Å². The van der Waals surface area contributed by atoms with Gasteiger partial charge in [-0.05, 0) is 86.4 Å². The maximum Gasteiger partial charge on any atom is 0.302 e. The van der Waals surface area contributed by atoms with Gasteiger partial charge in [0.1, 0.15) is 11.9 Å². The molecule has 4 saturated carbocycles. The third kappa shape index (κ3) is 2.67. The van der Waals surface area contributed by atoms with E-state index in [1.165, 1.54) is 45.4 Å². The van der Waals surface area contributed by atoms with E-state index in [-0.39, 0.29) is 12.1 Å². The van der Waals surface area contributed by atoms with Crippen LogP contribution in [0.25, 0.3) is 0 Å². The van der Waals surface area contributed by atoms with Crippen LogP contribution in [0.3, 0.4) is 0 Å². The molecule has 0 radical (unpaired) electrons. The van der Waals surface area contributed by atoms with Crippen molar-refractivity contribution in [3.63, 3.8) is 0 Å². The lowest BCUT2D eigenvalue weighted by Gasteiger charge is -2.60. The van der Waals surface area contributed by atoms with Crippen LogP contribution >= 0.6 is 0 Å². The summed E-state index contributed by atoms with van der Waals surface area (Å²) in [5, 5.41) is 0. The molecule has 0 spiro atoms. The summed E-state index contributed by atoms with van der Waals surface area (Å²) < 4.78 is 5.63. The van der Waals surface area contributed by atoms with E-state index in [1.807, 2.05) is 0 Å². The standard InChI is InChI=1S/C23H36O3/c1-14(26-15(2)24)19-7-8-20-18-6-5-16-13-17(25)9-11-22(16,3)21(18)10-12-23(19,20)4/h14,16,18-21H,5-13H2,1-4H3/t14-,16+,18+,19+,20-,21+,22+,23+/m1/s1. The Morgan fingerprint density at radius 2 is 1.77 bits per heavy atom. The summed E-state index contributed by atoms with van der Waals surface area (Å²) in [5.74, 6) is 3.90. The molecule has 4 aliphatic rings. The van der Waals surface area contributed by atoms with Crippen molar-refractivity contribution in [3.05, 3.63) is 0 Å². The van der Waals surface area contributed by atoms with E-state index in [2.05, 4.69) is 20.8 Å². The summed E-state index contributed by atoms with van der Waals surface area (Å²) in [6.45, 7) is 8.65. The average Bonchev–Trinajstić information content (AvgIpc) is 2.92. The number of fused-ring (bicyclic) bond motifs is 5. The number of ketones is 1. The molecule has 0 bridgehead atoms. The van der Waals surface area contributed by atoms with Crippen molar-refractivity contribution in [1.29, 1.82) is 0 Å². The number of esters is 1. The van der Waals surface area contributed by atoms with Crippen molar-refractivity contribution >= 4 is 11.8 Å². The van der Waals surface area contributed by atoms with Gasteiger partial charge in [0.2, 0.25) is 0 Å². The lowest BCUT2D eigenvalue weighted by Crippen LogP contribution is -2.54. The summed E-state index contributed by atoms with van der Waals surface area (Å²) in [6, 6.07) is 0. The highest BCUT2D eigenvalue weighted by atomic mass is 16.5. The van der Waals surface area contributed by atoms with Gasteiger partial charge >= 0.3 is 5.97 Å². The Morgan fingerprint density at radius 1 is 1.04 bits per heavy atom. The van der Waals surface area contributed by atoms with Crippen molar-refractivity contribution in [3.8, 4) is 0 Å². The number of Topliss-reactive ketones (excluding diaryl/α,β-unsaturated/α-hetero) is 1. The smallest absolute Gasteiger partial charge is 0.302 e. The summed E-state index contributed by atoms with van der Waals surface area (Å²) in [4.78, 5) is 23.5. The Balaban J connectivity index is 1.56. The number of carbonyl (C=O) groups excluding carboxylic acids is 2. The van der Waals surface area contributed by atoms with E-state index in [0.717, 1.165) is 37.0 Å². The molecule has 3 nitrogen and oxygen atoms in total. The van der Waals surface area contributed by atoms with E-state index < -0.39 is 0 Å². The Hall–Kier alpha value is -0.860. The lowest BCUT2D eigenvalue weighted by atomic mass is 9.44. The molecule has 0 aromatic heterocycles. The Kier molecular flexibility index (Phi) is 4.51. The molecule has 0 amide bonds. The molecule has 3 heteroatoms. The van der Waals surface area contributed by atoms with E-state index in [4.69, 9.17) is 4.74 Å². The molecule has 0 aromatic carbocycles. The van der Waals surface area contributed by atoms with Gasteiger partial charge in [-0.2, -0.15) is 0 Å². The van der Waals surface area contributed by atoms with E-state index in [1.54, 1.807) is 0 Å². The van der Waals surface area contributed by atoms with Crippen molar-refractivity contribution in [2.75, 3.05) is 0 Å². The van der Waals surface area contributed by atoms with Crippen molar-refractivity contribution in [2.45, 2.75) is 91.6 Å². The molecule has 8 atom stereocenters. The number of rotatable bonds is 2. The minimum absolute atomic E-state index is 0.0401. The summed E-state index contributed by atoms with van der Waals surface area (Å²) in [5.41, 5.74) is 0.710. The fraction of sp³-hybridized carbons (Fsp3) is 0.913. The van der Waals surface area contributed by atoms with E-state index in [0.29, 0.717) is 28.4 Å². The van der Waals surface area contributed by atoms with Crippen LogP contribution < -0.4 is 0 Å². The zero-order valence-electron chi connectivity index (χ0n) is 17.1. The molecule has 0 saturated heterocycles. The predicted molar refractivity (Wildman–Crippen MR) is 101 cm³/mol. The molecule has 0 unspecified atom stereocenters. The van der Waals surface area contributed by atoms with Gasteiger partial charge in [0.15, 0.2) is 0 Å². The second-order valence-corrected chi connectivity index (χ2v) is 10.4. The normalized spacial score (nSPS) is 48.9. The zero-order chi connectivity index (χ0) is 18.7. The summed E-state index contributed by atoms with van der Waals surface area (Å²) in [7, 11) is 0. The van der Waals surface area contributed by atoms with Crippen LogP contribution in [-0.4, -0.2) is 17.9 Å². The van der Waals surface area contributed by atoms with Crippen molar-refractivity contribution in [2.24, 2.45) is 40.4 Å². The first-order valence-electron chi connectivity index (χ1n) is 10.9. The van der Waals surface area contributed by atoms with Crippen LogP contribution in [0.4, 0.5) is 0 Å². The molecule has 0 aliphatic heterocycles. The number of hydrogen-bond donors (Lipinski definition) is 0. The van der Waals surface area contributed by atoms with Gasteiger partial charge in [-0.1, -0.05) is 13.8 Å². The zero-order valence-corrected chi connectivity index (χ0v) is 17.1. The van der Waals surface area contributed by atoms with E-state index in [9.17, 15) is 9.59 Å². The SMILES string of the molecule is CC(=O)O[C@H](C)[C@@H]1CC[C@@H]2[C@@H]3CC[C@H]4CC(=O)CC[C@]4(C)[C@H]3CC[C@]21C. The first-order chi connectivity index (χ1) is 12.3. The van der Waals surface area contributed by atoms with Gasteiger partial charge in [0.05, 0.1) is 0 Å². The molecular formula is C23H36O3. The van der Waals surface area contributed by atoms with Crippen LogP contribution in [0.5, 0.6) is 0 Å². The maximum absolute atomic E-state index is 12.0. The van der Waals surface area contributed by atoms with Crippen LogP contribution in [0, 0.1) is 40.4 Å². The fourth-order valence-electron chi connectivity index (χ4n) is 8.20. The molecule has 146 valence electrons. The number of hydrogen-bond acceptors (Lipinski definition) is 3. The van der Waals surface area contributed by atoms with Crippen LogP contribution in [-0.2, 0) is 14.3 Å². The van der Waals surface area contributed by atoms with Crippen molar-refractivity contribution < 1.29 is 14.3 Å². The summed E-state index contributed by atoms with van der Waals surface area (Å²) in [6.07, 6.45) is 10.5. The molecule has 0 heterocycles. The second-order valence-electron chi connectivity index (χ2n) is 10.4. The molecule has 26 heavy (non-hydrogen) atoms. The quantitative estimate of drug-likeness (QED) is 0.638. The molecule has 4 aliphatic carbocycles. The highest BCUT2D eigenvalue weighted by Crippen LogP contribution is 2.67. The monoisotopic (exact) mass is 360 g/mol. The third-order valence-electron chi connectivity index (χ3n) is 9.47. The van der Waals surface area contributed by atoms with Crippen molar-refractivity contribution in [1.82, 2.24) is 0 Å². The first kappa shape index (κ1) is 18.5. The van der Waals surface area contributed by atoms with Gasteiger partial charge < -0.3 is 4.74 Å². The van der Waals surface area contributed by atoms with Crippen LogP contribution in [0.2, 0.25) is 0 Å². The number of ether oxygens (including phenoxy) is 1. The van der Waals surface area contributed by atoms with Gasteiger partial charge in [-0.3, -0.25) is 9.59 Å². The molecule has 4 fully saturated rings. The lowest BCUT2D eigenvalue weighted by molar-refractivity contribution is -0.156. The Bertz CT molecular complexity index is 598. The van der Waals surface area contributed by atoms with E-state index >= 15 is 0 Å².